The number of amides is 1. The van der Waals surface area contributed by atoms with E-state index in [4.69, 9.17) is 0 Å². The van der Waals surface area contributed by atoms with E-state index in [1.165, 1.54) is 23.2 Å². The summed E-state index contributed by atoms with van der Waals surface area (Å²) in [5.74, 6) is -2.25. The van der Waals surface area contributed by atoms with Crippen molar-refractivity contribution in [2.75, 3.05) is 5.75 Å². The number of hydrogen-bond donors (Lipinski definition) is 1. The summed E-state index contributed by atoms with van der Waals surface area (Å²) in [7, 11) is 4.50. The van der Waals surface area contributed by atoms with Gasteiger partial charge in [0.15, 0.2) is 16.3 Å². The number of carboxylic acid groups (broad SMARTS) is 1. The third-order valence-corrected chi connectivity index (χ3v) is 6.84. The lowest BCUT2D eigenvalue weighted by Crippen LogP contribution is -2.58. The molecule has 0 bridgehead atoms. The topological polar surface area (TPSA) is 131 Å². The smallest absolute Gasteiger partial charge is 0.332 e. The average molecular weight is 493 g/mol. The monoisotopic (exact) mass is 492 g/mol. The molecular formula is C24H22N5O5S-. The lowest BCUT2D eigenvalue weighted by Gasteiger charge is -2.37. The highest BCUT2D eigenvalue weighted by Gasteiger charge is 2.37. The van der Waals surface area contributed by atoms with E-state index in [1.54, 1.807) is 67.7 Å². The molecule has 2 heterocycles. The number of thioether (sulfide) groups is 1. The number of imidazole rings is 1. The van der Waals surface area contributed by atoms with Crippen LogP contribution in [-0.4, -0.2) is 36.3 Å². The molecule has 0 fully saturated rings. The lowest BCUT2D eigenvalue weighted by atomic mass is 9.82. The number of aryl methyl sites for hydroxylation is 2. The highest BCUT2D eigenvalue weighted by Crippen LogP contribution is 2.30. The quantitative estimate of drug-likeness (QED) is 0.356. The first kappa shape index (κ1) is 24.0. The molecule has 4 aromatic rings. The molecule has 0 aliphatic heterocycles. The average Bonchev–Trinajstić information content (AvgIpc) is 3.20. The molecule has 0 unspecified atom stereocenters. The molecule has 0 aliphatic carbocycles. The molecule has 180 valence electrons. The van der Waals surface area contributed by atoms with Crippen LogP contribution in [0.2, 0.25) is 0 Å². The van der Waals surface area contributed by atoms with Crippen molar-refractivity contribution < 1.29 is 14.7 Å². The summed E-state index contributed by atoms with van der Waals surface area (Å²) in [6.45, 7) is 0. The van der Waals surface area contributed by atoms with E-state index in [9.17, 15) is 24.3 Å². The van der Waals surface area contributed by atoms with E-state index in [-0.39, 0.29) is 16.9 Å². The van der Waals surface area contributed by atoms with Crippen LogP contribution in [0, 0.1) is 0 Å². The van der Waals surface area contributed by atoms with Crippen LogP contribution in [0.4, 0.5) is 0 Å². The number of carboxylic acids is 1. The maximum Gasteiger partial charge on any atom is 0.332 e. The van der Waals surface area contributed by atoms with E-state index in [1.807, 2.05) is 0 Å². The van der Waals surface area contributed by atoms with Crippen molar-refractivity contribution in [3.05, 3.63) is 92.6 Å². The van der Waals surface area contributed by atoms with Gasteiger partial charge in [-0.05, 0) is 11.1 Å². The fraction of sp³-hybridized carbons (Fsp3) is 0.208. The molecule has 1 N–H and O–H groups in total. The maximum atomic E-state index is 13.1. The van der Waals surface area contributed by atoms with Gasteiger partial charge in [-0.2, -0.15) is 0 Å². The fourth-order valence-electron chi connectivity index (χ4n) is 3.98. The molecule has 0 aliphatic rings. The molecule has 1 amide bonds. The van der Waals surface area contributed by atoms with Crippen LogP contribution in [0.15, 0.2) is 75.4 Å². The minimum absolute atomic E-state index is 0.194. The van der Waals surface area contributed by atoms with Crippen molar-refractivity contribution in [1.82, 2.24) is 24.0 Å². The zero-order chi connectivity index (χ0) is 25.3. The number of carbonyl (C=O) groups is 2. The van der Waals surface area contributed by atoms with Crippen LogP contribution < -0.4 is 21.7 Å². The molecule has 11 heteroatoms. The van der Waals surface area contributed by atoms with E-state index in [0.29, 0.717) is 16.3 Å². The van der Waals surface area contributed by atoms with Gasteiger partial charge in [-0.15, -0.1) is 0 Å². The first-order valence-electron chi connectivity index (χ1n) is 10.6. The standard InChI is InChI=1S/C24H23N5O5S/c1-27-18-19(28(2)23(34)29(3)20(18)31)25-22(27)35-14-17(30)26-24(21(32)33,15-10-6-4-7-11-15)16-12-8-5-9-13-16/h4-13H,14H2,1-3H3,(H,26,30)(H,32,33)/p-1. The first-order chi connectivity index (χ1) is 16.7. The van der Waals surface area contributed by atoms with Gasteiger partial charge >= 0.3 is 5.69 Å². The van der Waals surface area contributed by atoms with E-state index >= 15 is 0 Å². The van der Waals surface area contributed by atoms with Crippen molar-refractivity contribution in [2.45, 2.75) is 10.7 Å². The number of nitrogens with zero attached hydrogens (tertiary/aromatic N) is 4. The van der Waals surface area contributed by atoms with Crippen molar-refractivity contribution in [2.24, 2.45) is 21.1 Å². The second-order valence-corrected chi connectivity index (χ2v) is 8.88. The molecule has 0 saturated heterocycles. The van der Waals surface area contributed by atoms with Gasteiger partial charge in [-0.25, -0.2) is 9.78 Å². The van der Waals surface area contributed by atoms with Crippen LogP contribution in [0.1, 0.15) is 11.1 Å². The molecule has 35 heavy (non-hydrogen) atoms. The molecule has 0 saturated carbocycles. The van der Waals surface area contributed by atoms with Crippen LogP contribution in [0.3, 0.4) is 0 Å². The number of benzene rings is 2. The summed E-state index contributed by atoms with van der Waals surface area (Å²) in [6.07, 6.45) is 0. The maximum absolute atomic E-state index is 13.1. The highest BCUT2D eigenvalue weighted by atomic mass is 32.2. The summed E-state index contributed by atoms with van der Waals surface area (Å²) >= 11 is 1.02. The zero-order valence-corrected chi connectivity index (χ0v) is 20.0. The second-order valence-electron chi connectivity index (χ2n) is 7.94. The molecule has 10 nitrogen and oxygen atoms in total. The Labute approximate surface area is 203 Å². The number of carbonyl (C=O) groups excluding carboxylic acids is 2. The van der Waals surface area contributed by atoms with E-state index < -0.39 is 28.7 Å². The lowest BCUT2D eigenvalue weighted by molar-refractivity contribution is -0.313. The second kappa shape index (κ2) is 9.26. The van der Waals surface area contributed by atoms with Crippen LogP contribution in [0.5, 0.6) is 0 Å². The summed E-state index contributed by atoms with van der Waals surface area (Å²) in [5.41, 5.74) is -1.84. The van der Waals surface area contributed by atoms with Gasteiger partial charge in [0, 0.05) is 21.1 Å². The van der Waals surface area contributed by atoms with Crippen molar-refractivity contribution in [3.8, 4) is 0 Å². The third kappa shape index (κ3) is 4.03. The summed E-state index contributed by atoms with van der Waals surface area (Å²) in [4.78, 5) is 54.8. The molecular weight excluding hydrogens is 470 g/mol. The van der Waals surface area contributed by atoms with E-state index in [0.717, 1.165) is 16.3 Å². The minimum Gasteiger partial charge on any atom is -0.547 e. The van der Waals surface area contributed by atoms with Crippen LogP contribution in [-0.2, 0) is 36.3 Å². The van der Waals surface area contributed by atoms with Crippen LogP contribution in [0.25, 0.3) is 11.2 Å². The molecule has 4 rings (SSSR count). The van der Waals surface area contributed by atoms with Gasteiger partial charge in [0.05, 0.1) is 11.7 Å². The Kier molecular flexibility index (Phi) is 6.35. The van der Waals surface area contributed by atoms with Gasteiger partial charge in [0.1, 0.15) is 5.54 Å². The Morgan fingerprint density at radius 1 is 0.914 bits per heavy atom. The van der Waals surface area contributed by atoms with Gasteiger partial charge < -0.3 is 19.8 Å². The van der Waals surface area contributed by atoms with Crippen LogP contribution >= 0.6 is 11.8 Å². The van der Waals surface area contributed by atoms with Gasteiger partial charge in [0.2, 0.25) is 5.91 Å². The number of rotatable bonds is 7. The number of aromatic nitrogens is 4. The summed E-state index contributed by atoms with van der Waals surface area (Å²) < 4.78 is 3.75. The van der Waals surface area contributed by atoms with Gasteiger partial charge in [0.25, 0.3) is 5.56 Å². The Hall–Kier alpha value is -4.12. The van der Waals surface area contributed by atoms with Gasteiger partial charge in [-0.1, -0.05) is 72.4 Å². The Morgan fingerprint density at radius 3 is 1.97 bits per heavy atom. The Morgan fingerprint density at radius 2 is 1.46 bits per heavy atom. The predicted molar refractivity (Wildman–Crippen MR) is 129 cm³/mol. The molecule has 2 aromatic heterocycles. The van der Waals surface area contributed by atoms with Crippen molar-refractivity contribution in [3.63, 3.8) is 0 Å². The summed E-state index contributed by atoms with van der Waals surface area (Å²) in [6, 6.07) is 16.7. The fourth-order valence-corrected chi connectivity index (χ4v) is 4.75. The minimum atomic E-state index is -1.91. The normalized spacial score (nSPS) is 11.5. The van der Waals surface area contributed by atoms with Gasteiger partial charge in [-0.3, -0.25) is 18.7 Å². The Balaban J connectivity index is 1.68. The molecule has 0 atom stereocenters. The number of nitrogens with one attached hydrogen (secondary N) is 1. The largest absolute Gasteiger partial charge is 0.547 e. The number of hydrogen-bond acceptors (Lipinski definition) is 7. The summed E-state index contributed by atoms with van der Waals surface area (Å²) in [5, 5.41) is 15.5. The Bertz CT molecular complexity index is 1500. The number of aliphatic carboxylic acids is 1. The van der Waals surface area contributed by atoms with Crippen molar-refractivity contribution in [1.29, 1.82) is 0 Å². The molecule has 0 radical (unpaired) electrons. The first-order valence-corrected chi connectivity index (χ1v) is 11.6. The van der Waals surface area contributed by atoms with E-state index in [2.05, 4.69) is 10.3 Å². The molecule has 0 spiro atoms. The van der Waals surface area contributed by atoms with Crippen molar-refractivity contribution >= 4 is 34.8 Å². The molecule has 2 aromatic carbocycles. The third-order valence-electron chi connectivity index (χ3n) is 5.81. The highest BCUT2D eigenvalue weighted by molar-refractivity contribution is 7.99. The predicted octanol–water partition coefficient (Wildman–Crippen LogP) is -0.127. The SMILES string of the molecule is Cn1c(=O)c2c(nc(SCC(=O)NC(C(=O)[O-])(c3ccccc3)c3ccccc3)n2C)n(C)c1=O. The number of fused-ring (bicyclic) bond motifs is 1. The zero-order valence-electron chi connectivity index (χ0n) is 19.2.